The maximum Gasteiger partial charge on any atom is 0.265 e. The van der Waals surface area contributed by atoms with E-state index in [9.17, 15) is 9.59 Å². The molecule has 2 aliphatic rings. The molecule has 146 valence electrons. The lowest BCUT2D eigenvalue weighted by molar-refractivity contribution is -0.0129. The number of hydrogen-bond acceptors (Lipinski definition) is 7. The summed E-state index contributed by atoms with van der Waals surface area (Å²) in [4.78, 5) is 32.0. The lowest BCUT2D eigenvalue weighted by atomic mass is 9.95. The lowest BCUT2D eigenvalue weighted by Gasteiger charge is -2.43. The highest BCUT2D eigenvalue weighted by molar-refractivity contribution is 7.99. The largest absolute Gasteiger partial charge is 0.442 e. The number of carbonyl (C=O) groups is 1. The number of fused-ring (bicyclic) bond motifs is 1. The number of thioether (sulfide) groups is 1. The first-order valence-electron chi connectivity index (χ1n) is 9.15. The van der Waals surface area contributed by atoms with Crippen molar-refractivity contribution in [3.63, 3.8) is 0 Å². The number of nitrogens with one attached hydrogen (secondary N) is 1. The molecule has 1 unspecified atom stereocenters. The van der Waals surface area contributed by atoms with Gasteiger partial charge in [0.1, 0.15) is 17.5 Å². The van der Waals surface area contributed by atoms with E-state index < -0.39 is 0 Å². The van der Waals surface area contributed by atoms with Crippen LogP contribution in [0.15, 0.2) is 15.5 Å². The average molecular weight is 392 g/mol. The van der Waals surface area contributed by atoms with Crippen LogP contribution in [0.2, 0.25) is 0 Å². The second-order valence-electron chi connectivity index (χ2n) is 7.18. The summed E-state index contributed by atoms with van der Waals surface area (Å²) >= 11 is 1.92. The summed E-state index contributed by atoms with van der Waals surface area (Å²) < 4.78 is 12.4. The van der Waals surface area contributed by atoms with Crippen LogP contribution in [0.5, 0.6) is 0 Å². The van der Waals surface area contributed by atoms with Gasteiger partial charge in [-0.05, 0) is 19.1 Å². The molecule has 0 bridgehead atoms. The molecule has 2 aromatic heterocycles. The zero-order valence-electron chi connectivity index (χ0n) is 15.6. The van der Waals surface area contributed by atoms with Crippen LogP contribution in [0.3, 0.4) is 0 Å². The summed E-state index contributed by atoms with van der Waals surface area (Å²) in [5.74, 6) is 2.22. The van der Waals surface area contributed by atoms with Crippen molar-refractivity contribution in [2.24, 2.45) is 7.05 Å². The third-order valence-corrected chi connectivity index (χ3v) is 6.75. The molecule has 2 aliphatic heterocycles. The minimum absolute atomic E-state index is 0.0548. The van der Waals surface area contributed by atoms with Gasteiger partial charge in [-0.25, -0.2) is 4.98 Å². The molecular formula is C18H24N4O4S. The second-order valence-corrected chi connectivity index (χ2v) is 8.29. The minimum Gasteiger partial charge on any atom is -0.442 e. The van der Waals surface area contributed by atoms with Crippen LogP contribution in [0.4, 0.5) is 0 Å². The van der Waals surface area contributed by atoms with E-state index in [0.29, 0.717) is 17.9 Å². The Labute approximate surface area is 161 Å². The van der Waals surface area contributed by atoms with Crippen LogP contribution >= 0.6 is 11.8 Å². The standard InChI is InChI=1S/C18H24N4O4S/c1-12-13(14-16(26-12)20-11-21(2)17(14)24)15(23)19-9-18(3-8-27-10-18)22-4-6-25-7-5-22/h11H,3-10H2,1-2H3,(H,19,23). The van der Waals surface area contributed by atoms with Crippen LogP contribution < -0.4 is 10.9 Å². The Morgan fingerprint density at radius 3 is 2.89 bits per heavy atom. The van der Waals surface area contributed by atoms with Gasteiger partial charge in [0.05, 0.1) is 18.8 Å². The van der Waals surface area contributed by atoms with Crippen LogP contribution in [-0.4, -0.2) is 70.3 Å². The summed E-state index contributed by atoms with van der Waals surface area (Å²) in [6, 6.07) is 0. The number of amides is 1. The fourth-order valence-corrected chi connectivity index (χ4v) is 5.41. The van der Waals surface area contributed by atoms with Crippen LogP contribution in [0.1, 0.15) is 22.5 Å². The lowest BCUT2D eigenvalue weighted by Crippen LogP contribution is -2.59. The Hall–Kier alpha value is -1.84. The van der Waals surface area contributed by atoms with E-state index in [0.717, 1.165) is 44.2 Å². The van der Waals surface area contributed by atoms with Crippen molar-refractivity contribution < 1.29 is 13.9 Å². The average Bonchev–Trinajstić information content (AvgIpc) is 3.29. The van der Waals surface area contributed by atoms with E-state index in [4.69, 9.17) is 9.15 Å². The highest BCUT2D eigenvalue weighted by Gasteiger charge is 2.41. The Kier molecular flexibility index (Phi) is 5.00. The van der Waals surface area contributed by atoms with E-state index in [1.165, 1.54) is 10.9 Å². The zero-order chi connectivity index (χ0) is 19.0. The number of aryl methyl sites for hydroxylation is 2. The number of carbonyl (C=O) groups excluding carboxylic acids is 1. The monoisotopic (exact) mass is 392 g/mol. The molecule has 8 nitrogen and oxygen atoms in total. The normalized spacial score (nSPS) is 23.8. The van der Waals surface area contributed by atoms with Crippen LogP contribution in [0, 0.1) is 6.92 Å². The van der Waals surface area contributed by atoms with Crippen molar-refractivity contribution >= 4 is 28.8 Å². The van der Waals surface area contributed by atoms with Crippen molar-refractivity contribution in [2.75, 3.05) is 44.4 Å². The summed E-state index contributed by atoms with van der Waals surface area (Å²) in [6.45, 7) is 5.47. The van der Waals surface area contributed by atoms with E-state index in [-0.39, 0.29) is 28.1 Å². The van der Waals surface area contributed by atoms with E-state index in [1.54, 1.807) is 14.0 Å². The van der Waals surface area contributed by atoms with Crippen molar-refractivity contribution in [1.29, 1.82) is 0 Å². The zero-order valence-corrected chi connectivity index (χ0v) is 16.4. The van der Waals surface area contributed by atoms with Crippen molar-refractivity contribution in [2.45, 2.75) is 18.9 Å². The Balaban J connectivity index is 1.59. The molecule has 27 heavy (non-hydrogen) atoms. The molecule has 9 heteroatoms. The van der Waals surface area contributed by atoms with E-state index >= 15 is 0 Å². The third kappa shape index (κ3) is 3.28. The molecule has 0 saturated carbocycles. The van der Waals surface area contributed by atoms with E-state index in [1.807, 2.05) is 11.8 Å². The number of rotatable bonds is 4. The first kappa shape index (κ1) is 18.5. The molecule has 4 rings (SSSR count). The summed E-state index contributed by atoms with van der Waals surface area (Å²) in [5.41, 5.74) is 0.170. The molecule has 0 aromatic carbocycles. The molecule has 1 N–H and O–H groups in total. The number of hydrogen-bond donors (Lipinski definition) is 1. The predicted octanol–water partition coefficient (Wildman–Crippen LogP) is 0.773. The molecule has 0 spiro atoms. The van der Waals surface area contributed by atoms with Gasteiger partial charge >= 0.3 is 0 Å². The topological polar surface area (TPSA) is 89.6 Å². The molecule has 2 aromatic rings. The molecular weight excluding hydrogens is 368 g/mol. The Bertz CT molecular complexity index is 910. The minimum atomic E-state index is -0.277. The number of ether oxygens (including phenoxy) is 1. The molecule has 0 radical (unpaired) electrons. The molecule has 2 fully saturated rings. The van der Waals surface area contributed by atoms with Crippen LogP contribution in [-0.2, 0) is 11.8 Å². The van der Waals surface area contributed by atoms with Gasteiger partial charge in [0.2, 0.25) is 5.71 Å². The summed E-state index contributed by atoms with van der Waals surface area (Å²) in [5, 5.41) is 3.32. The Morgan fingerprint density at radius 2 is 2.19 bits per heavy atom. The number of nitrogens with zero attached hydrogens (tertiary/aromatic N) is 3. The third-order valence-electron chi connectivity index (χ3n) is 5.52. The highest BCUT2D eigenvalue weighted by Crippen LogP contribution is 2.33. The van der Waals surface area contributed by atoms with Gasteiger partial charge < -0.3 is 19.0 Å². The smallest absolute Gasteiger partial charge is 0.265 e. The number of furan rings is 1. The first-order valence-corrected chi connectivity index (χ1v) is 10.3. The predicted molar refractivity (Wildman–Crippen MR) is 103 cm³/mol. The maximum absolute atomic E-state index is 13.0. The molecule has 0 aliphatic carbocycles. The molecule has 2 saturated heterocycles. The second kappa shape index (κ2) is 7.29. The highest BCUT2D eigenvalue weighted by atomic mass is 32.2. The fraction of sp³-hybridized carbons (Fsp3) is 0.611. The quantitative estimate of drug-likeness (QED) is 0.822. The van der Waals surface area contributed by atoms with Crippen molar-refractivity contribution in [3.8, 4) is 0 Å². The summed E-state index contributed by atoms with van der Waals surface area (Å²) in [7, 11) is 1.61. The molecule has 1 amide bonds. The van der Waals surface area contributed by atoms with E-state index in [2.05, 4.69) is 15.2 Å². The number of aromatic nitrogens is 2. The van der Waals surface area contributed by atoms with Crippen molar-refractivity contribution in [3.05, 3.63) is 28.0 Å². The molecule has 1 atom stereocenters. The van der Waals surface area contributed by atoms with Crippen LogP contribution in [0.25, 0.3) is 11.1 Å². The maximum atomic E-state index is 13.0. The first-order chi connectivity index (χ1) is 13.0. The Morgan fingerprint density at radius 1 is 1.41 bits per heavy atom. The van der Waals surface area contributed by atoms with Gasteiger partial charge in [0.15, 0.2) is 0 Å². The van der Waals surface area contributed by atoms with Gasteiger partial charge in [-0.1, -0.05) is 0 Å². The van der Waals surface area contributed by atoms with Crippen molar-refractivity contribution in [1.82, 2.24) is 19.8 Å². The molecule has 4 heterocycles. The fourth-order valence-electron chi connectivity index (χ4n) is 3.93. The van der Waals surface area contributed by atoms with Gasteiger partial charge in [0.25, 0.3) is 11.5 Å². The van der Waals surface area contributed by atoms with Gasteiger partial charge in [0, 0.05) is 38.0 Å². The summed E-state index contributed by atoms with van der Waals surface area (Å²) in [6.07, 6.45) is 2.44. The van der Waals surface area contributed by atoms with Gasteiger partial charge in [-0.2, -0.15) is 11.8 Å². The number of morpholine rings is 1. The van der Waals surface area contributed by atoms with Gasteiger partial charge in [-0.3, -0.25) is 14.5 Å². The SMILES string of the molecule is Cc1oc2ncn(C)c(=O)c2c1C(=O)NCC1(N2CCOCC2)CCSC1. The van der Waals surface area contributed by atoms with Gasteiger partial charge in [-0.15, -0.1) is 0 Å².